The van der Waals surface area contributed by atoms with Crippen LogP contribution in [0.4, 0.5) is 5.69 Å². The first-order valence-electron chi connectivity index (χ1n) is 7.59. The van der Waals surface area contributed by atoms with E-state index in [4.69, 9.17) is 0 Å². The number of carbonyl (C=O) groups excluding carboxylic acids is 2. The van der Waals surface area contributed by atoms with Gasteiger partial charge in [0, 0.05) is 10.5 Å². The van der Waals surface area contributed by atoms with Crippen molar-refractivity contribution in [3.63, 3.8) is 0 Å². The van der Waals surface area contributed by atoms with Gasteiger partial charge in [-0.3, -0.25) is 9.59 Å². The van der Waals surface area contributed by atoms with E-state index in [1.165, 1.54) is 11.8 Å². The van der Waals surface area contributed by atoms with Crippen molar-refractivity contribution in [3.8, 4) is 0 Å². The summed E-state index contributed by atoms with van der Waals surface area (Å²) in [6, 6.07) is 4.16. The number of rotatable bonds is 5. The third kappa shape index (κ3) is 3.67. The van der Waals surface area contributed by atoms with E-state index in [9.17, 15) is 19.5 Å². The third-order valence-electron chi connectivity index (χ3n) is 4.04. The molecule has 1 aromatic rings. The maximum absolute atomic E-state index is 12.3. The number of hydrogen-bond donors (Lipinski definition) is 3. The fourth-order valence-electron chi connectivity index (χ4n) is 2.50. The second kappa shape index (κ2) is 6.23. The Morgan fingerprint density at radius 1 is 1.43 bits per heavy atom. The van der Waals surface area contributed by atoms with Crippen LogP contribution in [0, 0.1) is 5.92 Å². The number of carboxylic acids is 1. The minimum absolute atomic E-state index is 0.0998. The highest BCUT2D eigenvalue weighted by Crippen LogP contribution is 2.36. The first-order chi connectivity index (χ1) is 10.9. The first kappa shape index (κ1) is 15.9. The van der Waals surface area contributed by atoms with Gasteiger partial charge >= 0.3 is 5.97 Å². The molecule has 2 atom stereocenters. The molecule has 0 aromatic heterocycles. The SMILES string of the molecule is CC1Sc2ccc(C(=O)NC(CC3CC3)C(=O)O)cc2NC1=O. The number of carbonyl (C=O) groups is 3. The molecule has 0 bridgehead atoms. The highest BCUT2D eigenvalue weighted by atomic mass is 32.2. The first-order valence-corrected chi connectivity index (χ1v) is 8.47. The van der Waals surface area contributed by atoms with Crippen molar-refractivity contribution in [2.24, 2.45) is 5.92 Å². The number of amides is 2. The summed E-state index contributed by atoms with van der Waals surface area (Å²) in [4.78, 5) is 36.2. The molecule has 6 nitrogen and oxygen atoms in total. The molecule has 2 aliphatic rings. The topological polar surface area (TPSA) is 95.5 Å². The number of anilines is 1. The standard InChI is InChI=1S/C16H18N2O4S/c1-8-14(19)17-11-7-10(4-5-13(11)23-8)15(20)18-12(16(21)22)6-9-2-3-9/h4-5,7-9,12H,2-3,6H2,1H3,(H,17,19)(H,18,20)(H,21,22). The summed E-state index contributed by atoms with van der Waals surface area (Å²) in [5.74, 6) is -1.14. The predicted molar refractivity (Wildman–Crippen MR) is 86.6 cm³/mol. The van der Waals surface area contributed by atoms with Crippen molar-refractivity contribution in [1.29, 1.82) is 0 Å². The lowest BCUT2D eigenvalue weighted by Gasteiger charge is -2.22. The molecule has 0 radical (unpaired) electrons. The Kier molecular flexibility index (Phi) is 4.30. The average Bonchev–Trinajstić information content (AvgIpc) is 3.31. The van der Waals surface area contributed by atoms with E-state index in [1.54, 1.807) is 18.2 Å². The van der Waals surface area contributed by atoms with Crippen molar-refractivity contribution >= 4 is 35.2 Å². The van der Waals surface area contributed by atoms with Gasteiger partial charge in [0.1, 0.15) is 6.04 Å². The fourth-order valence-corrected chi connectivity index (χ4v) is 3.43. The van der Waals surface area contributed by atoms with E-state index in [0.717, 1.165) is 17.7 Å². The molecule has 3 rings (SSSR count). The van der Waals surface area contributed by atoms with E-state index in [0.29, 0.717) is 23.6 Å². The Balaban J connectivity index is 1.73. The second-order valence-electron chi connectivity index (χ2n) is 6.00. The van der Waals surface area contributed by atoms with Gasteiger partial charge in [-0.25, -0.2) is 4.79 Å². The third-order valence-corrected chi connectivity index (χ3v) is 5.22. The van der Waals surface area contributed by atoms with Crippen molar-refractivity contribution in [1.82, 2.24) is 5.32 Å². The number of hydrogen-bond acceptors (Lipinski definition) is 4. The van der Waals surface area contributed by atoms with Crippen LogP contribution < -0.4 is 10.6 Å². The molecule has 1 saturated carbocycles. The summed E-state index contributed by atoms with van der Waals surface area (Å²) in [5, 5.41) is 14.4. The quantitative estimate of drug-likeness (QED) is 0.766. The number of aliphatic carboxylic acids is 1. The fraction of sp³-hybridized carbons (Fsp3) is 0.438. The summed E-state index contributed by atoms with van der Waals surface area (Å²) in [5.41, 5.74) is 0.945. The van der Waals surface area contributed by atoms with Crippen molar-refractivity contribution in [3.05, 3.63) is 23.8 Å². The van der Waals surface area contributed by atoms with Crippen LogP contribution >= 0.6 is 11.8 Å². The Morgan fingerprint density at radius 2 is 2.17 bits per heavy atom. The largest absolute Gasteiger partial charge is 0.480 e. The zero-order chi connectivity index (χ0) is 16.6. The monoisotopic (exact) mass is 334 g/mol. The van der Waals surface area contributed by atoms with Crippen LogP contribution in [0.25, 0.3) is 0 Å². The van der Waals surface area contributed by atoms with Crippen LogP contribution in [-0.2, 0) is 9.59 Å². The van der Waals surface area contributed by atoms with Gasteiger partial charge in [-0.15, -0.1) is 11.8 Å². The number of fused-ring (bicyclic) bond motifs is 1. The lowest BCUT2D eigenvalue weighted by Crippen LogP contribution is -2.41. The van der Waals surface area contributed by atoms with Gasteiger partial charge < -0.3 is 15.7 Å². The molecular formula is C16H18N2O4S. The van der Waals surface area contributed by atoms with Crippen molar-refractivity contribution in [2.45, 2.75) is 42.4 Å². The number of thioether (sulfide) groups is 1. The van der Waals surface area contributed by atoms with Crippen LogP contribution in [0.15, 0.2) is 23.1 Å². The molecule has 1 fully saturated rings. The molecule has 23 heavy (non-hydrogen) atoms. The Labute approximate surface area is 138 Å². The minimum Gasteiger partial charge on any atom is -0.480 e. The summed E-state index contributed by atoms with van der Waals surface area (Å²) in [7, 11) is 0. The van der Waals surface area contributed by atoms with Gasteiger partial charge in [-0.1, -0.05) is 12.8 Å². The van der Waals surface area contributed by atoms with Gasteiger partial charge in [0.15, 0.2) is 0 Å². The lowest BCUT2D eigenvalue weighted by molar-refractivity contribution is -0.139. The summed E-state index contributed by atoms with van der Waals surface area (Å²) in [6.07, 6.45) is 2.52. The van der Waals surface area contributed by atoms with E-state index in [-0.39, 0.29) is 11.2 Å². The zero-order valence-electron chi connectivity index (χ0n) is 12.7. The van der Waals surface area contributed by atoms with Crippen molar-refractivity contribution in [2.75, 3.05) is 5.32 Å². The molecule has 2 unspecified atom stereocenters. The normalized spacial score (nSPS) is 21.1. The lowest BCUT2D eigenvalue weighted by atomic mass is 10.1. The van der Waals surface area contributed by atoms with Crippen molar-refractivity contribution < 1.29 is 19.5 Å². The maximum atomic E-state index is 12.3. The molecule has 1 aromatic carbocycles. The van der Waals surface area contributed by atoms with Gasteiger partial charge in [0.2, 0.25) is 5.91 Å². The van der Waals surface area contributed by atoms with E-state index < -0.39 is 17.9 Å². The zero-order valence-corrected chi connectivity index (χ0v) is 13.5. The van der Waals surface area contributed by atoms with Crippen LogP contribution in [-0.4, -0.2) is 34.2 Å². The molecule has 0 spiro atoms. The molecule has 7 heteroatoms. The molecule has 122 valence electrons. The molecule has 1 aliphatic carbocycles. The van der Waals surface area contributed by atoms with E-state index >= 15 is 0 Å². The van der Waals surface area contributed by atoms with E-state index in [2.05, 4.69) is 10.6 Å². The van der Waals surface area contributed by atoms with Crippen LogP contribution in [0.3, 0.4) is 0 Å². The molecule has 3 N–H and O–H groups in total. The predicted octanol–water partition coefficient (Wildman–Crippen LogP) is 2.10. The van der Waals surface area contributed by atoms with Gasteiger partial charge in [0.25, 0.3) is 5.91 Å². The van der Waals surface area contributed by atoms with E-state index in [1.807, 2.05) is 6.92 Å². The summed E-state index contributed by atoms with van der Waals surface area (Å²) < 4.78 is 0. The van der Waals surface area contributed by atoms with Gasteiger partial charge in [0.05, 0.1) is 10.9 Å². The highest BCUT2D eigenvalue weighted by molar-refractivity contribution is 8.00. The summed E-state index contributed by atoms with van der Waals surface area (Å²) in [6.45, 7) is 1.82. The number of carboxylic acid groups (broad SMARTS) is 1. The Hall–Kier alpha value is -2.02. The second-order valence-corrected chi connectivity index (χ2v) is 7.39. The average molecular weight is 334 g/mol. The maximum Gasteiger partial charge on any atom is 0.326 e. The summed E-state index contributed by atoms with van der Waals surface area (Å²) >= 11 is 1.44. The molecule has 1 heterocycles. The number of benzene rings is 1. The molecule has 0 saturated heterocycles. The molecule has 1 aliphatic heterocycles. The van der Waals surface area contributed by atoms with Crippen LogP contribution in [0.2, 0.25) is 0 Å². The van der Waals surface area contributed by atoms with Crippen LogP contribution in [0.5, 0.6) is 0 Å². The highest BCUT2D eigenvalue weighted by Gasteiger charge is 2.31. The Bertz CT molecular complexity index is 672. The molecule has 2 amide bonds. The molecular weight excluding hydrogens is 316 g/mol. The van der Waals surface area contributed by atoms with Gasteiger partial charge in [-0.2, -0.15) is 0 Å². The number of nitrogens with one attached hydrogen (secondary N) is 2. The van der Waals surface area contributed by atoms with Crippen LogP contribution in [0.1, 0.15) is 36.5 Å². The van der Waals surface area contributed by atoms with Gasteiger partial charge in [-0.05, 0) is 37.5 Å². The Morgan fingerprint density at radius 3 is 2.83 bits per heavy atom. The minimum atomic E-state index is -1.01. The smallest absolute Gasteiger partial charge is 0.326 e.